The minimum atomic E-state index is -0.622. The van der Waals surface area contributed by atoms with Gasteiger partial charge < -0.3 is 23.7 Å². The fraction of sp³-hybridized carbons (Fsp3) is 0.667. The SMILES string of the molecule is C=CCn1c(=O)n(CC2CO2)c(=O)n(CC2CO2)c1=O.O=c1n(CC2CO2)c(=O)n(CC2CO2)c(=O)n1CC1CO1. The van der Waals surface area contributed by atoms with E-state index in [0.29, 0.717) is 33.0 Å². The number of nitrogens with zero attached hydrogens (tertiary/aromatic N) is 6. The molecule has 5 saturated heterocycles. The van der Waals surface area contributed by atoms with Crippen molar-refractivity contribution >= 4 is 0 Å². The highest BCUT2D eigenvalue weighted by Crippen LogP contribution is 2.12. The summed E-state index contributed by atoms with van der Waals surface area (Å²) < 4.78 is 31.6. The summed E-state index contributed by atoms with van der Waals surface area (Å²) in [7, 11) is 0. The van der Waals surface area contributed by atoms with Gasteiger partial charge in [0.25, 0.3) is 0 Å². The molecule has 0 aromatic carbocycles. The number of allylic oxidation sites excluding steroid dienone is 1. The zero-order valence-corrected chi connectivity index (χ0v) is 22.1. The normalized spacial score (nSPS) is 26.6. The topological polar surface area (TPSA) is 195 Å². The van der Waals surface area contributed by atoms with Gasteiger partial charge in [-0.05, 0) is 0 Å². The highest BCUT2D eigenvalue weighted by molar-refractivity contribution is 4.88. The first kappa shape index (κ1) is 27.5. The molecule has 0 amide bonds. The van der Waals surface area contributed by atoms with Crippen molar-refractivity contribution in [3.05, 3.63) is 75.6 Å². The second-order valence-electron chi connectivity index (χ2n) is 10.4. The van der Waals surface area contributed by atoms with Gasteiger partial charge in [0, 0.05) is 0 Å². The lowest BCUT2D eigenvalue weighted by atomic mass is 10.4. The molecule has 0 radical (unpaired) electrons. The van der Waals surface area contributed by atoms with E-state index in [4.69, 9.17) is 23.7 Å². The van der Waals surface area contributed by atoms with Gasteiger partial charge in [-0.15, -0.1) is 6.58 Å². The van der Waals surface area contributed by atoms with Crippen LogP contribution in [0.25, 0.3) is 0 Å². The molecule has 222 valence electrons. The number of hydrogen-bond donors (Lipinski definition) is 0. The summed E-state index contributed by atoms with van der Waals surface area (Å²) in [5, 5.41) is 0. The van der Waals surface area contributed by atoms with Crippen molar-refractivity contribution in [2.75, 3.05) is 33.0 Å². The van der Waals surface area contributed by atoms with E-state index in [9.17, 15) is 28.8 Å². The lowest BCUT2D eigenvalue weighted by Gasteiger charge is -2.12. The maximum Gasteiger partial charge on any atom is 0.336 e. The van der Waals surface area contributed by atoms with Gasteiger partial charge >= 0.3 is 34.1 Å². The van der Waals surface area contributed by atoms with Crippen molar-refractivity contribution < 1.29 is 23.7 Å². The Morgan fingerprint density at radius 2 is 0.659 bits per heavy atom. The molecule has 5 aliphatic heterocycles. The van der Waals surface area contributed by atoms with E-state index in [0.717, 1.165) is 27.4 Å². The third kappa shape index (κ3) is 6.33. The first-order chi connectivity index (χ1) is 19.7. The van der Waals surface area contributed by atoms with E-state index in [1.165, 1.54) is 6.08 Å². The monoisotopic (exact) mass is 578 g/mol. The Morgan fingerprint density at radius 3 is 0.829 bits per heavy atom. The minimum Gasteiger partial charge on any atom is -0.371 e. The van der Waals surface area contributed by atoms with Crippen molar-refractivity contribution in [1.82, 2.24) is 27.4 Å². The van der Waals surface area contributed by atoms with Gasteiger partial charge in [0.2, 0.25) is 0 Å². The molecule has 17 heteroatoms. The number of hydrogen-bond acceptors (Lipinski definition) is 11. The van der Waals surface area contributed by atoms with Crippen LogP contribution in [-0.4, -0.2) is 91.0 Å². The molecule has 5 unspecified atom stereocenters. The fourth-order valence-electron chi connectivity index (χ4n) is 4.32. The second-order valence-corrected chi connectivity index (χ2v) is 10.4. The van der Waals surface area contributed by atoms with Gasteiger partial charge in [-0.25, -0.2) is 56.2 Å². The molecule has 17 nitrogen and oxygen atoms in total. The van der Waals surface area contributed by atoms with Crippen molar-refractivity contribution in [2.45, 2.75) is 69.8 Å². The van der Waals surface area contributed by atoms with Crippen LogP contribution < -0.4 is 34.1 Å². The zero-order chi connectivity index (χ0) is 28.8. The molecule has 0 bridgehead atoms. The summed E-state index contributed by atoms with van der Waals surface area (Å²) in [6.45, 7) is 7.09. The maximum atomic E-state index is 12.4. The predicted molar refractivity (Wildman–Crippen MR) is 137 cm³/mol. The van der Waals surface area contributed by atoms with E-state index in [1.807, 2.05) is 0 Å². The first-order valence-corrected chi connectivity index (χ1v) is 13.3. The van der Waals surface area contributed by atoms with Crippen LogP contribution in [0.3, 0.4) is 0 Å². The number of rotatable bonds is 12. The Morgan fingerprint density at radius 1 is 0.463 bits per heavy atom. The molecule has 2 aromatic rings. The van der Waals surface area contributed by atoms with Crippen LogP contribution in [0.1, 0.15) is 0 Å². The zero-order valence-electron chi connectivity index (χ0n) is 22.1. The van der Waals surface area contributed by atoms with Crippen molar-refractivity contribution in [3.63, 3.8) is 0 Å². The summed E-state index contributed by atoms with van der Waals surface area (Å²) in [6.07, 6.45) is 0.835. The Bertz CT molecular complexity index is 1510. The van der Waals surface area contributed by atoms with Gasteiger partial charge in [-0.1, -0.05) is 6.08 Å². The summed E-state index contributed by atoms with van der Waals surface area (Å²) in [5.41, 5.74) is -3.63. The van der Waals surface area contributed by atoms with Crippen LogP contribution in [0.5, 0.6) is 0 Å². The van der Waals surface area contributed by atoms with Crippen LogP contribution in [0.2, 0.25) is 0 Å². The van der Waals surface area contributed by atoms with E-state index in [2.05, 4.69) is 6.58 Å². The average molecular weight is 579 g/mol. The molecule has 0 saturated carbocycles. The molecule has 7 heterocycles. The molecule has 0 N–H and O–H groups in total. The van der Waals surface area contributed by atoms with Crippen molar-refractivity contribution in [3.8, 4) is 0 Å². The van der Waals surface area contributed by atoms with E-state index < -0.39 is 34.1 Å². The maximum absolute atomic E-state index is 12.4. The number of ether oxygens (including phenoxy) is 5. The molecular weight excluding hydrogens is 548 g/mol. The summed E-state index contributed by atoms with van der Waals surface area (Å²) in [5.74, 6) is 0. The molecular formula is C24H30N6O11. The summed E-state index contributed by atoms with van der Waals surface area (Å²) in [4.78, 5) is 73.7. The molecule has 0 spiro atoms. The Kier molecular flexibility index (Phi) is 7.37. The highest BCUT2D eigenvalue weighted by Gasteiger charge is 2.32. The van der Waals surface area contributed by atoms with Crippen LogP contribution in [0.4, 0.5) is 0 Å². The Labute approximate surface area is 229 Å². The minimum absolute atomic E-state index is 0.0645. The summed E-state index contributed by atoms with van der Waals surface area (Å²) in [6, 6.07) is 0. The molecule has 5 aliphatic rings. The van der Waals surface area contributed by atoms with Gasteiger partial charge in [0.05, 0.1) is 103 Å². The third-order valence-electron chi connectivity index (χ3n) is 7.03. The predicted octanol–water partition coefficient (Wildman–Crippen LogP) is -4.48. The van der Waals surface area contributed by atoms with E-state index in [1.54, 1.807) is 0 Å². The number of aromatic nitrogens is 6. The van der Waals surface area contributed by atoms with E-state index in [-0.39, 0.29) is 69.8 Å². The van der Waals surface area contributed by atoms with Gasteiger partial charge in [-0.3, -0.25) is 0 Å². The van der Waals surface area contributed by atoms with Crippen LogP contribution in [-0.2, 0) is 63.0 Å². The first-order valence-electron chi connectivity index (χ1n) is 13.3. The van der Waals surface area contributed by atoms with Crippen LogP contribution in [0, 0.1) is 0 Å². The molecule has 5 atom stereocenters. The van der Waals surface area contributed by atoms with Crippen LogP contribution >= 0.6 is 0 Å². The summed E-state index contributed by atoms with van der Waals surface area (Å²) >= 11 is 0. The van der Waals surface area contributed by atoms with E-state index >= 15 is 0 Å². The third-order valence-corrected chi connectivity index (χ3v) is 7.03. The number of epoxide rings is 5. The lowest BCUT2D eigenvalue weighted by Crippen LogP contribution is -2.55. The standard InChI is InChI=1S/C12H15N3O6.C12H15N3O5/c16-10-13(1-7-4-19-7)11(17)15(3-9-6-21-9)12(18)14(10)2-8-5-20-8;1-2-3-13-10(16)14(4-8-6-19-8)12(18)15(11(13)17)5-9-7-20-9/h7-9H,1-6H2;2,8-9H,1,3-7H2. The lowest BCUT2D eigenvalue weighted by molar-refractivity contribution is 0.327. The van der Waals surface area contributed by atoms with Crippen molar-refractivity contribution in [1.29, 1.82) is 0 Å². The molecule has 7 rings (SSSR count). The van der Waals surface area contributed by atoms with Gasteiger partial charge in [-0.2, -0.15) is 0 Å². The average Bonchev–Trinajstić information content (AvgIpc) is 3.77. The molecule has 0 aliphatic carbocycles. The molecule has 2 aromatic heterocycles. The highest BCUT2D eigenvalue weighted by atomic mass is 16.6. The smallest absolute Gasteiger partial charge is 0.336 e. The Hall–Kier alpha value is -3.64. The second kappa shape index (κ2) is 11.0. The quantitative estimate of drug-likeness (QED) is 0.174. The Balaban J connectivity index is 0.000000148. The van der Waals surface area contributed by atoms with Crippen LogP contribution in [0.15, 0.2) is 41.4 Å². The molecule has 5 fully saturated rings. The fourth-order valence-corrected chi connectivity index (χ4v) is 4.32. The molecule has 41 heavy (non-hydrogen) atoms. The van der Waals surface area contributed by atoms with Gasteiger partial charge in [0.15, 0.2) is 0 Å². The largest absolute Gasteiger partial charge is 0.371 e. The van der Waals surface area contributed by atoms with Crippen molar-refractivity contribution in [2.24, 2.45) is 0 Å². The van der Waals surface area contributed by atoms with Gasteiger partial charge in [0.1, 0.15) is 0 Å².